The Morgan fingerprint density at radius 1 is 1.04 bits per heavy atom. The summed E-state index contributed by atoms with van der Waals surface area (Å²) in [4.78, 5) is 0. The highest BCUT2D eigenvalue weighted by Crippen LogP contribution is 2.48. The van der Waals surface area contributed by atoms with Gasteiger partial charge in [0, 0.05) is 0 Å². The molecule has 1 aromatic rings. The Bertz CT molecular complexity index is 660. The summed E-state index contributed by atoms with van der Waals surface area (Å²) in [5, 5.41) is 0. The van der Waals surface area contributed by atoms with E-state index in [0.717, 1.165) is 36.2 Å². The maximum atomic E-state index is 14.9. The summed E-state index contributed by atoms with van der Waals surface area (Å²) in [6.07, 6.45) is 17.2. The van der Waals surface area contributed by atoms with Gasteiger partial charge in [-0.2, -0.15) is 0 Å². The zero-order valence-corrected chi connectivity index (χ0v) is 17.2. The molecule has 5 atom stereocenters. The largest absolute Gasteiger partial charge is 0.207 e. The summed E-state index contributed by atoms with van der Waals surface area (Å²) in [6.45, 7) is 6.13. The number of aryl methyl sites for hydroxylation is 1. The predicted molar refractivity (Wildman–Crippen MR) is 113 cm³/mol. The molecule has 4 rings (SSSR count). The van der Waals surface area contributed by atoms with E-state index in [4.69, 9.17) is 0 Å². The van der Waals surface area contributed by atoms with Crippen molar-refractivity contribution < 1.29 is 4.39 Å². The Labute approximate surface area is 165 Å². The molecule has 0 bridgehead atoms. The van der Waals surface area contributed by atoms with E-state index in [1.165, 1.54) is 75.3 Å². The number of rotatable bonds is 5. The second kappa shape index (κ2) is 8.50. The van der Waals surface area contributed by atoms with Crippen molar-refractivity contribution in [2.75, 3.05) is 0 Å². The van der Waals surface area contributed by atoms with Gasteiger partial charge in [-0.3, -0.25) is 0 Å². The third-order valence-corrected chi connectivity index (χ3v) is 8.17. The lowest BCUT2D eigenvalue weighted by molar-refractivity contribution is 0.115. The molecular weight excluding hydrogens is 331 g/mol. The third kappa shape index (κ3) is 4.17. The predicted octanol–water partition coefficient (Wildman–Crippen LogP) is 7.61. The Hall–Kier alpha value is -1.11. The van der Waals surface area contributed by atoms with Crippen LogP contribution in [0.25, 0.3) is 0 Å². The van der Waals surface area contributed by atoms with Crippen LogP contribution in [0, 0.1) is 29.5 Å². The number of allylic oxidation sites excluding steroid dienone is 1. The monoisotopic (exact) mass is 368 g/mol. The van der Waals surface area contributed by atoms with E-state index in [1.807, 2.05) is 6.07 Å². The highest BCUT2D eigenvalue weighted by Gasteiger charge is 2.36. The fourth-order valence-corrected chi connectivity index (χ4v) is 6.41. The minimum absolute atomic E-state index is 0.0934. The summed E-state index contributed by atoms with van der Waals surface area (Å²) < 4.78 is 14.9. The number of hydrogen-bond donors (Lipinski definition) is 0. The average Bonchev–Trinajstić information content (AvgIpc) is 2.71. The quantitative estimate of drug-likeness (QED) is 0.469. The second-order valence-electron chi connectivity index (χ2n) is 9.73. The number of halogens is 1. The maximum absolute atomic E-state index is 14.9. The van der Waals surface area contributed by atoms with Crippen molar-refractivity contribution in [2.45, 2.75) is 89.9 Å². The van der Waals surface area contributed by atoms with Crippen LogP contribution in [0.15, 0.2) is 24.8 Å². The topological polar surface area (TPSA) is 0 Å². The van der Waals surface area contributed by atoms with E-state index in [0.29, 0.717) is 11.8 Å². The van der Waals surface area contributed by atoms with E-state index < -0.39 is 0 Å². The summed E-state index contributed by atoms with van der Waals surface area (Å²) in [7, 11) is 0. The van der Waals surface area contributed by atoms with Crippen molar-refractivity contribution in [1.29, 1.82) is 0 Å². The molecule has 0 heterocycles. The average molecular weight is 369 g/mol. The van der Waals surface area contributed by atoms with Gasteiger partial charge < -0.3 is 0 Å². The van der Waals surface area contributed by atoms with Crippen molar-refractivity contribution in [1.82, 2.24) is 0 Å². The van der Waals surface area contributed by atoms with Crippen LogP contribution in [-0.2, 0) is 12.8 Å². The van der Waals surface area contributed by atoms with Crippen LogP contribution >= 0.6 is 0 Å². The lowest BCUT2D eigenvalue weighted by Crippen LogP contribution is -2.30. The fourth-order valence-electron chi connectivity index (χ4n) is 6.41. The first-order valence-corrected chi connectivity index (χ1v) is 11.6. The van der Waals surface area contributed by atoms with E-state index >= 15 is 0 Å². The number of hydrogen-bond acceptors (Lipinski definition) is 0. The lowest BCUT2D eigenvalue weighted by Gasteiger charge is -2.42. The molecule has 0 amide bonds. The molecule has 148 valence electrons. The van der Waals surface area contributed by atoms with Gasteiger partial charge in [0.25, 0.3) is 0 Å². The van der Waals surface area contributed by atoms with E-state index in [-0.39, 0.29) is 5.82 Å². The first-order chi connectivity index (χ1) is 13.2. The van der Waals surface area contributed by atoms with Gasteiger partial charge >= 0.3 is 0 Å². The molecule has 3 aliphatic rings. The van der Waals surface area contributed by atoms with Crippen LogP contribution in [0.2, 0.25) is 0 Å². The molecule has 2 fully saturated rings. The zero-order valence-electron chi connectivity index (χ0n) is 17.2. The van der Waals surface area contributed by atoms with Gasteiger partial charge in [0.05, 0.1) is 0 Å². The Morgan fingerprint density at radius 2 is 1.85 bits per heavy atom. The van der Waals surface area contributed by atoms with Gasteiger partial charge in [-0.25, -0.2) is 4.39 Å². The fraction of sp³-hybridized carbons (Fsp3) is 0.692. The van der Waals surface area contributed by atoms with Crippen LogP contribution in [0.4, 0.5) is 4.39 Å². The van der Waals surface area contributed by atoms with Crippen LogP contribution < -0.4 is 0 Å². The second-order valence-corrected chi connectivity index (χ2v) is 9.73. The van der Waals surface area contributed by atoms with Gasteiger partial charge in [0.1, 0.15) is 5.82 Å². The van der Waals surface area contributed by atoms with Crippen LogP contribution in [-0.4, -0.2) is 0 Å². The van der Waals surface area contributed by atoms with Crippen LogP contribution in [0.3, 0.4) is 0 Å². The molecule has 0 aliphatic heterocycles. The lowest BCUT2D eigenvalue weighted by atomic mass is 9.63. The SMILES string of the molecule is C=CCCC1CCC2CC(c3cc(F)c4c(c3)CCC(CC)C4)CCC2C1. The Kier molecular flexibility index (Phi) is 6.05. The highest BCUT2D eigenvalue weighted by molar-refractivity contribution is 5.37. The first kappa shape index (κ1) is 19.2. The molecule has 0 saturated heterocycles. The molecule has 3 aliphatic carbocycles. The van der Waals surface area contributed by atoms with Gasteiger partial charge in [0.2, 0.25) is 0 Å². The van der Waals surface area contributed by atoms with Crippen LogP contribution in [0.1, 0.15) is 93.7 Å². The highest BCUT2D eigenvalue weighted by atomic mass is 19.1. The summed E-state index contributed by atoms with van der Waals surface area (Å²) in [6, 6.07) is 4.31. The van der Waals surface area contributed by atoms with Gasteiger partial charge in [-0.15, -0.1) is 6.58 Å². The Balaban J connectivity index is 1.43. The van der Waals surface area contributed by atoms with Gasteiger partial charge in [-0.05, 0) is 117 Å². The molecular formula is C26H37F. The summed E-state index contributed by atoms with van der Waals surface area (Å²) in [5.74, 6) is 4.11. The van der Waals surface area contributed by atoms with Gasteiger partial charge in [0.15, 0.2) is 0 Å². The summed E-state index contributed by atoms with van der Waals surface area (Å²) in [5.41, 5.74) is 3.67. The Morgan fingerprint density at radius 3 is 2.67 bits per heavy atom. The first-order valence-electron chi connectivity index (χ1n) is 11.6. The van der Waals surface area contributed by atoms with Gasteiger partial charge in [-0.1, -0.05) is 31.9 Å². The molecule has 0 radical (unpaired) electrons. The van der Waals surface area contributed by atoms with Crippen molar-refractivity contribution >= 4 is 0 Å². The number of fused-ring (bicyclic) bond motifs is 2. The normalized spacial score (nSPS) is 33.2. The molecule has 27 heavy (non-hydrogen) atoms. The minimum atomic E-state index is 0.0934. The van der Waals surface area contributed by atoms with Crippen molar-refractivity contribution in [3.63, 3.8) is 0 Å². The minimum Gasteiger partial charge on any atom is -0.207 e. The standard InChI is InChI=1S/C26H37F/c1-3-5-6-19-8-9-21-15-22(12-11-20(21)13-19)24-16-23-10-7-18(4-2)14-25(23)26(27)17-24/h3,16-22H,1,4-15H2,2H3. The molecule has 2 saturated carbocycles. The molecule has 0 aromatic heterocycles. The van der Waals surface area contributed by atoms with Crippen LogP contribution in [0.5, 0.6) is 0 Å². The maximum Gasteiger partial charge on any atom is 0.126 e. The molecule has 0 spiro atoms. The third-order valence-electron chi connectivity index (χ3n) is 8.17. The van der Waals surface area contributed by atoms with Crippen molar-refractivity contribution in [3.8, 4) is 0 Å². The molecule has 1 aromatic carbocycles. The molecule has 0 nitrogen and oxygen atoms in total. The van der Waals surface area contributed by atoms with Crippen molar-refractivity contribution in [3.05, 3.63) is 47.3 Å². The molecule has 1 heteroatoms. The van der Waals surface area contributed by atoms with E-state index in [2.05, 4.69) is 25.6 Å². The van der Waals surface area contributed by atoms with E-state index in [9.17, 15) is 4.39 Å². The summed E-state index contributed by atoms with van der Waals surface area (Å²) >= 11 is 0. The molecule has 5 unspecified atom stereocenters. The van der Waals surface area contributed by atoms with E-state index in [1.54, 1.807) is 0 Å². The van der Waals surface area contributed by atoms with Crippen molar-refractivity contribution in [2.24, 2.45) is 23.7 Å². The zero-order chi connectivity index (χ0) is 18.8. The smallest absolute Gasteiger partial charge is 0.126 e. The molecule has 0 N–H and O–H groups in total. The number of benzene rings is 1.